The molecule has 116 valence electrons. The third-order valence-electron chi connectivity index (χ3n) is 2.21. The largest absolute Gasteiger partial charge is 0.480 e. The van der Waals surface area contributed by atoms with Crippen molar-refractivity contribution in [2.75, 3.05) is 12.4 Å². The van der Waals surface area contributed by atoms with Crippen molar-refractivity contribution < 1.29 is 24.2 Å². The molecule has 21 heavy (non-hydrogen) atoms. The average molecular weight is 332 g/mol. The summed E-state index contributed by atoms with van der Waals surface area (Å²) in [4.78, 5) is 37.4. The summed E-state index contributed by atoms with van der Waals surface area (Å²) in [7, 11) is 0. The third-order valence-corrected chi connectivity index (χ3v) is 4.15. The van der Waals surface area contributed by atoms with Gasteiger partial charge in [-0.15, -0.1) is 11.3 Å². The maximum atomic E-state index is 11.4. The first kappa shape index (κ1) is 17.4. The number of nitrogens with one attached hydrogen (secondary N) is 1. The lowest BCUT2D eigenvalue weighted by atomic mass is 10.3. The van der Waals surface area contributed by atoms with Crippen LogP contribution in [0.1, 0.15) is 29.3 Å². The summed E-state index contributed by atoms with van der Waals surface area (Å²) < 4.78 is 4.84. The Bertz CT molecular complexity index is 518. The van der Waals surface area contributed by atoms with Crippen molar-refractivity contribution in [1.82, 2.24) is 10.3 Å². The summed E-state index contributed by atoms with van der Waals surface area (Å²) in [6, 6.07) is -0.935. The van der Waals surface area contributed by atoms with Crippen LogP contribution in [0, 0.1) is 0 Å². The number of carbonyl (C=O) groups excluding carboxylic acids is 2. The van der Waals surface area contributed by atoms with Crippen LogP contribution in [0.15, 0.2) is 5.38 Å². The van der Waals surface area contributed by atoms with Gasteiger partial charge in [0.15, 0.2) is 0 Å². The van der Waals surface area contributed by atoms with Crippen LogP contribution in [0.4, 0.5) is 0 Å². The van der Waals surface area contributed by atoms with Crippen LogP contribution in [0.25, 0.3) is 0 Å². The number of nitrogens with zero attached hydrogens (tertiary/aromatic N) is 1. The van der Waals surface area contributed by atoms with Gasteiger partial charge in [0.25, 0.3) is 0 Å². The highest BCUT2D eigenvalue weighted by molar-refractivity contribution is 7.98. The fraction of sp³-hybridized carbons (Fsp3) is 0.500. The predicted molar refractivity (Wildman–Crippen MR) is 79.5 cm³/mol. The number of esters is 1. The van der Waals surface area contributed by atoms with Gasteiger partial charge >= 0.3 is 11.9 Å². The average Bonchev–Trinajstić information content (AvgIpc) is 2.86. The van der Waals surface area contributed by atoms with Gasteiger partial charge in [0.1, 0.15) is 6.04 Å². The molecular formula is C12H16N2O5S2. The molecule has 0 fully saturated rings. The minimum absolute atomic E-state index is 0.223. The van der Waals surface area contributed by atoms with Crippen molar-refractivity contribution in [2.45, 2.75) is 25.6 Å². The fourth-order valence-electron chi connectivity index (χ4n) is 1.36. The number of amides is 1. The Morgan fingerprint density at radius 2 is 2.24 bits per heavy atom. The molecule has 0 aromatic carbocycles. The molecule has 1 amide bonds. The Kier molecular flexibility index (Phi) is 7.17. The number of carboxylic acids is 1. The minimum atomic E-state index is -1.08. The van der Waals surface area contributed by atoms with E-state index in [0.29, 0.717) is 18.1 Å². The van der Waals surface area contributed by atoms with Crippen LogP contribution < -0.4 is 5.32 Å². The number of carbonyl (C=O) groups is 3. The van der Waals surface area contributed by atoms with Crippen molar-refractivity contribution in [3.63, 3.8) is 0 Å². The molecule has 0 aliphatic heterocycles. The van der Waals surface area contributed by atoms with E-state index in [2.05, 4.69) is 10.3 Å². The number of thioether (sulfide) groups is 1. The summed E-state index contributed by atoms with van der Waals surface area (Å²) in [5.41, 5.74) is 0.681. The molecule has 0 aliphatic carbocycles. The minimum Gasteiger partial charge on any atom is -0.480 e. The molecule has 9 heteroatoms. The van der Waals surface area contributed by atoms with Crippen molar-refractivity contribution >= 4 is 40.9 Å². The number of hydrogen-bond donors (Lipinski definition) is 2. The van der Waals surface area contributed by atoms with E-state index in [1.807, 2.05) is 0 Å². The van der Waals surface area contributed by atoms with Crippen LogP contribution in [-0.4, -0.2) is 46.3 Å². The maximum Gasteiger partial charge on any atom is 0.367 e. The quantitative estimate of drug-likeness (QED) is 0.688. The number of hydrogen-bond acceptors (Lipinski definition) is 7. The highest BCUT2D eigenvalue weighted by Gasteiger charge is 2.18. The lowest BCUT2D eigenvalue weighted by Gasteiger charge is -2.11. The van der Waals surface area contributed by atoms with Gasteiger partial charge in [-0.1, -0.05) is 0 Å². The summed E-state index contributed by atoms with van der Waals surface area (Å²) in [6.07, 6.45) is 0. The number of aromatic nitrogens is 1. The molecule has 1 aromatic heterocycles. The van der Waals surface area contributed by atoms with Crippen molar-refractivity contribution in [3.8, 4) is 0 Å². The van der Waals surface area contributed by atoms with Gasteiger partial charge in [0, 0.05) is 23.8 Å². The first-order valence-corrected chi connectivity index (χ1v) is 8.16. The summed E-state index contributed by atoms with van der Waals surface area (Å²) in [5, 5.41) is 13.3. The van der Waals surface area contributed by atoms with Gasteiger partial charge in [0.05, 0.1) is 12.3 Å². The van der Waals surface area contributed by atoms with Crippen molar-refractivity contribution in [2.24, 2.45) is 0 Å². The van der Waals surface area contributed by atoms with E-state index in [9.17, 15) is 14.4 Å². The molecule has 0 spiro atoms. The van der Waals surface area contributed by atoms with E-state index in [1.54, 1.807) is 12.3 Å². The van der Waals surface area contributed by atoms with Gasteiger partial charge in [-0.3, -0.25) is 4.79 Å². The van der Waals surface area contributed by atoms with Gasteiger partial charge in [-0.2, -0.15) is 11.8 Å². The van der Waals surface area contributed by atoms with E-state index in [1.165, 1.54) is 30.0 Å². The first-order valence-electron chi connectivity index (χ1n) is 6.13. The molecule has 1 rings (SSSR count). The molecule has 2 N–H and O–H groups in total. The lowest BCUT2D eigenvalue weighted by molar-refractivity contribution is -0.140. The van der Waals surface area contributed by atoms with Crippen molar-refractivity contribution in [1.29, 1.82) is 0 Å². The Balaban J connectivity index is 2.46. The van der Waals surface area contributed by atoms with Crippen LogP contribution in [0.2, 0.25) is 0 Å². The Labute approximate surface area is 130 Å². The maximum absolute atomic E-state index is 11.4. The van der Waals surface area contributed by atoms with Crippen LogP contribution in [0.3, 0.4) is 0 Å². The zero-order chi connectivity index (χ0) is 15.8. The predicted octanol–water partition coefficient (Wildman–Crippen LogP) is 1.14. The highest BCUT2D eigenvalue weighted by atomic mass is 32.2. The molecule has 1 aromatic rings. The van der Waals surface area contributed by atoms with Gasteiger partial charge in [-0.25, -0.2) is 14.6 Å². The van der Waals surface area contributed by atoms with Crippen molar-refractivity contribution in [3.05, 3.63) is 16.1 Å². The highest BCUT2D eigenvalue weighted by Crippen LogP contribution is 2.17. The Morgan fingerprint density at radius 3 is 2.81 bits per heavy atom. The number of thiazole rings is 1. The first-order chi connectivity index (χ1) is 9.93. The third kappa shape index (κ3) is 6.13. The molecular weight excluding hydrogens is 316 g/mol. The SMILES string of the molecule is CCOC(=O)c1nc(CSC[C@H](NC(C)=O)C(=O)O)cs1. The van der Waals surface area contributed by atoms with E-state index in [-0.39, 0.29) is 16.7 Å². The van der Waals surface area contributed by atoms with Gasteiger partial charge in [-0.05, 0) is 6.92 Å². The van der Waals surface area contributed by atoms with Gasteiger partial charge < -0.3 is 15.2 Å². The van der Waals surface area contributed by atoms with E-state index in [0.717, 1.165) is 0 Å². The molecule has 1 atom stereocenters. The smallest absolute Gasteiger partial charge is 0.367 e. The monoisotopic (exact) mass is 332 g/mol. The van der Waals surface area contributed by atoms with E-state index < -0.39 is 18.0 Å². The number of rotatable bonds is 8. The Hall–Kier alpha value is -1.61. The zero-order valence-corrected chi connectivity index (χ0v) is 13.3. The molecule has 0 saturated carbocycles. The lowest BCUT2D eigenvalue weighted by Crippen LogP contribution is -2.41. The second-order valence-electron chi connectivity index (χ2n) is 3.97. The molecule has 1 heterocycles. The van der Waals surface area contributed by atoms with Crippen LogP contribution >= 0.6 is 23.1 Å². The number of aliphatic carboxylic acids is 1. The van der Waals surface area contributed by atoms with Gasteiger partial charge in [0.2, 0.25) is 10.9 Å². The normalized spacial score (nSPS) is 11.7. The van der Waals surface area contributed by atoms with E-state index in [4.69, 9.17) is 9.84 Å². The Morgan fingerprint density at radius 1 is 1.52 bits per heavy atom. The van der Waals surface area contributed by atoms with E-state index >= 15 is 0 Å². The summed E-state index contributed by atoms with van der Waals surface area (Å²) in [6.45, 7) is 3.28. The molecule has 0 bridgehead atoms. The molecule has 0 saturated heterocycles. The molecule has 7 nitrogen and oxygen atoms in total. The van der Waals surface area contributed by atoms with Crippen LogP contribution in [-0.2, 0) is 20.1 Å². The topological polar surface area (TPSA) is 106 Å². The van der Waals surface area contributed by atoms with Crippen LogP contribution in [0.5, 0.6) is 0 Å². The standard InChI is InChI=1S/C12H16N2O5S2/c1-3-19-12(18)10-14-8(5-21-10)4-20-6-9(11(16)17)13-7(2)15/h5,9H,3-4,6H2,1-2H3,(H,13,15)(H,16,17)/t9-/m0/s1. The molecule has 0 unspecified atom stereocenters. The summed E-state index contributed by atoms with van der Waals surface area (Å²) >= 11 is 2.51. The fourth-order valence-corrected chi connectivity index (χ4v) is 3.11. The molecule has 0 aliphatic rings. The second kappa shape index (κ2) is 8.63. The number of carboxylic acid groups (broad SMARTS) is 1. The second-order valence-corrected chi connectivity index (χ2v) is 5.86. The summed E-state index contributed by atoms with van der Waals surface area (Å²) in [5.74, 6) is -1.25. The number of ether oxygens (including phenoxy) is 1. The molecule has 0 radical (unpaired) electrons. The zero-order valence-electron chi connectivity index (χ0n) is 11.6.